The van der Waals surface area contributed by atoms with Gasteiger partial charge in [-0.1, -0.05) is 47.5 Å². The number of ether oxygens (including phenoxy) is 1. The number of likely N-dealkylation sites (tertiary alicyclic amines) is 1. The molecule has 0 atom stereocenters. The minimum Gasteiger partial charge on any atom is -0.370 e. The van der Waals surface area contributed by atoms with E-state index in [2.05, 4.69) is 40.4 Å². The molecule has 2 aliphatic rings. The van der Waals surface area contributed by atoms with E-state index in [-0.39, 0.29) is 0 Å². The van der Waals surface area contributed by atoms with Gasteiger partial charge in [0, 0.05) is 25.2 Å². The highest BCUT2D eigenvalue weighted by molar-refractivity contribution is 5.53. The molecule has 1 aliphatic carbocycles. The Bertz CT molecular complexity index is 734. The Morgan fingerprint density at radius 2 is 1.92 bits per heavy atom. The summed E-state index contributed by atoms with van der Waals surface area (Å²) in [6.07, 6.45) is 9.08. The van der Waals surface area contributed by atoms with Crippen molar-refractivity contribution in [1.82, 2.24) is 10.1 Å². The molecule has 1 saturated carbocycles. The fourth-order valence-corrected chi connectivity index (χ4v) is 3.78. The van der Waals surface area contributed by atoms with Gasteiger partial charge in [-0.25, -0.2) is 0 Å². The van der Waals surface area contributed by atoms with Gasteiger partial charge in [0.1, 0.15) is 11.5 Å². The van der Waals surface area contributed by atoms with Gasteiger partial charge in [-0.15, -0.1) is 0 Å². The lowest BCUT2D eigenvalue weighted by Crippen LogP contribution is -2.43. The van der Waals surface area contributed by atoms with Crippen molar-refractivity contribution in [3.63, 3.8) is 0 Å². The molecule has 0 spiro atoms. The highest BCUT2D eigenvalue weighted by Gasteiger charge is 2.26. The number of benzene rings is 1. The summed E-state index contributed by atoms with van der Waals surface area (Å²) in [7, 11) is 0. The van der Waals surface area contributed by atoms with E-state index >= 15 is 0 Å². The third-order valence-corrected chi connectivity index (χ3v) is 5.58. The molecule has 1 aromatic carbocycles. The summed E-state index contributed by atoms with van der Waals surface area (Å²) in [6.45, 7) is 5.45. The van der Waals surface area contributed by atoms with Crippen LogP contribution in [0, 0.1) is 6.92 Å². The summed E-state index contributed by atoms with van der Waals surface area (Å²) < 4.78 is 10.8. The van der Waals surface area contributed by atoms with Crippen molar-refractivity contribution >= 4 is 6.08 Å². The predicted molar refractivity (Wildman–Crippen MR) is 103 cm³/mol. The molecule has 2 heterocycles. The van der Waals surface area contributed by atoms with E-state index in [0.29, 0.717) is 13.2 Å². The first kappa shape index (κ1) is 17.5. The molecule has 138 valence electrons. The Hall–Kier alpha value is -1.91. The smallest absolute Gasteiger partial charge is 0.134 e. The van der Waals surface area contributed by atoms with Crippen LogP contribution in [0.15, 0.2) is 40.4 Å². The van der Waals surface area contributed by atoms with E-state index in [1.807, 2.05) is 13.0 Å². The van der Waals surface area contributed by atoms with Crippen LogP contribution in [0.25, 0.3) is 6.08 Å². The van der Waals surface area contributed by atoms with Gasteiger partial charge in [0.2, 0.25) is 0 Å². The van der Waals surface area contributed by atoms with Crippen LogP contribution in [0.4, 0.5) is 0 Å². The number of piperidine rings is 1. The third kappa shape index (κ3) is 4.43. The van der Waals surface area contributed by atoms with Crippen molar-refractivity contribution in [3.05, 3.63) is 58.5 Å². The fourth-order valence-electron chi connectivity index (χ4n) is 3.78. The van der Waals surface area contributed by atoms with E-state index in [1.54, 1.807) is 5.57 Å². The molecule has 4 rings (SSSR count). The van der Waals surface area contributed by atoms with Crippen LogP contribution in [0.2, 0.25) is 0 Å². The maximum Gasteiger partial charge on any atom is 0.134 e. The largest absolute Gasteiger partial charge is 0.370 e. The number of nitrogens with zero attached hydrogens (tertiary/aromatic N) is 2. The number of hydrogen-bond acceptors (Lipinski definition) is 4. The topological polar surface area (TPSA) is 38.5 Å². The minimum absolute atomic E-state index is 0.487. The van der Waals surface area contributed by atoms with Gasteiger partial charge in [-0.05, 0) is 43.7 Å². The standard InChI is InChI=1S/C22H28N2O2/c1-17-13-21(23-26-17)16-25-15-20-7-5-18(6-8-20)14-19-9-11-24(12-10-19)22-3-2-4-22/h5-8,13-14,22H,2-4,9-12,15-16H2,1H3. The van der Waals surface area contributed by atoms with Crippen LogP contribution >= 0.6 is 0 Å². The van der Waals surface area contributed by atoms with Gasteiger partial charge in [0.25, 0.3) is 0 Å². The molecule has 2 fully saturated rings. The van der Waals surface area contributed by atoms with Crippen LogP contribution in [-0.2, 0) is 18.0 Å². The SMILES string of the molecule is Cc1cc(COCc2ccc(C=C3CCN(C4CCC4)CC3)cc2)no1. The van der Waals surface area contributed by atoms with Gasteiger partial charge in [0.05, 0.1) is 13.2 Å². The van der Waals surface area contributed by atoms with Gasteiger partial charge in [-0.3, -0.25) is 4.90 Å². The molecular formula is C22H28N2O2. The van der Waals surface area contributed by atoms with Crippen molar-refractivity contribution in [2.75, 3.05) is 13.1 Å². The summed E-state index contributed by atoms with van der Waals surface area (Å²) >= 11 is 0. The van der Waals surface area contributed by atoms with E-state index in [4.69, 9.17) is 9.26 Å². The van der Waals surface area contributed by atoms with Crippen molar-refractivity contribution < 1.29 is 9.26 Å². The normalized spacial score (nSPS) is 18.7. The molecular weight excluding hydrogens is 324 g/mol. The molecule has 0 amide bonds. The second kappa shape index (κ2) is 8.19. The summed E-state index contributed by atoms with van der Waals surface area (Å²) in [6, 6.07) is 11.5. The van der Waals surface area contributed by atoms with Crippen molar-refractivity contribution in [2.24, 2.45) is 0 Å². The Labute approximate surface area is 155 Å². The van der Waals surface area contributed by atoms with E-state index in [1.165, 1.54) is 56.3 Å². The van der Waals surface area contributed by atoms with Crippen LogP contribution < -0.4 is 0 Å². The number of aromatic nitrogens is 1. The maximum atomic E-state index is 5.72. The quantitative estimate of drug-likeness (QED) is 0.753. The predicted octanol–water partition coefficient (Wildman–Crippen LogP) is 4.73. The molecule has 1 saturated heterocycles. The lowest BCUT2D eigenvalue weighted by molar-refractivity contribution is 0.102. The van der Waals surface area contributed by atoms with Crippen LogP contribution in [0.3, 0.4) is 0 Å². The summed E-state index contributed by atoms with van der Waals surface area (Å²) in [4.78, 5) is 2.69. The Morgan fingerprint density at radius 3 is 2.54 bits per heavy atom. The summed E-state index contributed by atoms with van der Waals surface area (Å²) in [5.41, 5.74) is 4.92. The first-order chi connectivity index (χ1) is 12.8. The number of aryl methyl sites for hydroxylation is 1. The van der Waals surface area contributed by atoms with Crippen molar-refractivity contribution in [1.29, 1.82) is 0 Å². The zero-order chi connectivity index (χ0) is 17.8. The fraction of sp³-hybridized carbons (Fsp3) is 0.500. The van der Waals surface area contributed by atoms with Crippen molar-refractivity contribution in [2.45, 2.75) is 58.3 Å². The lowest BCUT2D eigenvalue weighted by Gasteiger charge is -2.40. The Balaban J connectivity index is 1.24. The molecule has 0 unspecified atom stereocenters. The summed E-state index contributed by atoms with van der Waals surface area (Å²) in [5, 5.41) is 3.94. The van der Waals surface area contributed by atoms with Gasteiger partial charge >= 0.3 is 0 Å². The average molecular weight is 352 g/mol. The van der Waals surface area contributed by atoms with Crippen LogP contribution in [0.1, 0.15) is 54.7 Å². The minimum atomic E-state index is 0.487. The molecule has 0 bridgehead atoms. The zero-order valence-corrected chi connectivity index (χ0v) is 15.6. The van der Waals surface area contributed by atoms with E-state index in [0.717, 1.165) is 17.5 Å². The molecule has 4 nitrogen and oxygen atoms in total. The van der Waals surface area contributed by atoms with E-state index in [9.17, 15) is 0 Å². The number of rotatable bonds is 6. The molecule has 2 aromatic rings. The monoisotopic (exact) mass is 352 g/mol. The van der Waals surface area contributed by atoms with Gasteiger partial charge in [-0.2, -0.15) is 0 Å². The Morgan fingerprint density at radius 1 is 1.15 bits per heavy atom. The lowest BCUT2D eigenvalue weighted by atomic mass is 9.89. The van der Waals surface area contributed by atoms with Gasteiger partial charge < -0.3 is 9.26 Å². The highest BCUT2D eigenvalue weighted by atomic mass is 16.5. The highest BCUT2D eigenvalue weighted by Crippen LogP contribution is 2.29. The average Bonchev–Trinajstić information content (AvgIpc) is 3.02. The molecule has 0 N–H and O–H groups in total. The van der Waals surface area contributed by atoms with Crippen LogP contribution in [0.5, 0.6) is 0 Å². The zero-order valence-electron chi connectivity index (χ0n) is 15.6. The molecule has 26 heavy (non-hydrogen) atoms. The summed E-state index contributed by atoms with van der Waals surface area (Å²) in [5.74, 6) is 0.819. The van der Waals surface area contributed by atoms with Gasteiger partial charge in [0.15, 0.2) is 0 Å². The molecule has 4 heteroatoms. The number of hydrogen-bond donors (Lipinski definition) is 0. The first-order valence-corrected chi connectivity index (χ1v) is 9.79. The van der Waals surface area contributed by atoms with E-state index < -0.39 is 0 Å². The molecule has 1 aliphatic heterocycles. The van der Waals surface area contributed by atoms with Crippen molar-refractivity contribution in [3.8, 4) is 0 Å². The Kier molecular flexibility index (Phi) is 5.51. The second-order valence-electron chi connectivity index (χ2n) is 7.59. The third-order valence-electron chi connectivity index (χ3n) is 5.58. The molecule has 0 radical (unpaired) electrons. The van der Waals surface area contributed by atoms with Crippen LogP contribution in [-0.4, -0.2) is 29.2 Å². The first-order valence-electron chi connectivity index (χ1n) is 9.79. The second-order valence-corrected chi connectivity index (χ2v) is 7.59. The maximum absolute atomic E-state index is 5.72. The molecule has 1 aromatic heterocycles.